The third-order valence-corrected chi connectivity index (χ3v) is 4.06. The highest BCUT2D eigenvalue weighted by molar-refractivity contribution is 5.78. The zero-order chi connectivity index (χ0) is 16.1. The fraction of sp³-hybridized carbons (Fsp3) is 0.588. The van der Waals surface area contributed by atoms with Crippen LogP contribution in [0.5, 0.6) is 5.75 Å². The molecule has 1 heterocycles. The molecule has 1 amide bonds. The van der Waals surface area contributed by atoms with Gasteiger partial charge in [-0.05, 0) is 18.9 Å². The molecule has 1 fully saturated rings. The lowest BCUT2D eigenvalue weighted by atomic mass is 10.0. The number of carbonyl (C=O) groups is 1. The van der Waals surface area contributed by atoms with E-state index in [1.165, 1.54) is 13.2 Å². The van der Waals surface area contributed by atoms with E-state index in [0.29, 0.717) is 18.8 Å². The smallest absolute Gasteiger partial charge is 0.225 e. The average molecular weight is 308 g/mol. The van der Waals surface area contributed by atoms with Crippen molar-refractivity contribution >= 4 is 5.91 Å². The van der Waals surface area contributed by atoms with Crippen LogP contribution in [0.2, 0.25) is 0 Å². The number of likely N-dealkylation sites (tertiary alicyclic amines) is 1. The molecule has 1 atom stereocenters. The van der Waals surface area contributed by atoms with E-state index >= 15 is 0 Å². The van der Waals surface area contributed by atoms with E-state index in [9.17, 15) is 9.18 Å². The maximum atomic E-state index is 13.7. The quantitative estimate of drug-likeness (QED) is 0.909. The van der Waals surface area contributed by atoms with Crippen LogP contribution in [-0.4, -0.2) is 37.0 Å². The van der Waals surface area contributed by atoms with Crippen molar-refractivity contribution in [3.05, 3.63) is 29.6 Å². The molecule has 0 radical (unpaired) electrons. The van der Waals surface area contributed by atoms with Gasteiger partial charge in [-0.15, -0.1) is 0 Å². The molecule has 0 aliphatic carbocycles. The van der Waals surface area contributed by atoms with E-state index in [1.807, 2.05) is 24.8 Å². The number of halogens is 1. The highest BCUT2D eigenvalue weighted by atomic mass is 19.1. The fourth-order valence-corrected chi connectivity index (χ4v) is 2.88. The van der Waals surface area contributed by atoms with Crippen LogP contribution < -0.4 is 10.1 Å². The molecule has 2 rings (SSSR count). The maximum Gasteiger partial charge on any atom is 0.225 e. The lowest BCUT2D eigenvalue weighted by Gasteiger charge is -2.34. The van der Waals surface area contributed by atoms with Crippen LogP contribution in [0.1, 0.15) is 32.3 Å². The van der Waals surface area contributed by atoms with E-state index in [-0.39, 0.29) is 23.7 Å². The van der Waals surface area contributed by atoms with Gasteiger partial charge in [0.15, 0.2) is 11.6 Å². The molecule has 1 saturated heterocycles. The molecule has 22 heavy (non-hydrogen) atoms. The largest absolute Gasteiger partial charge is 0.493 e. The zero-order valence-corrected chi connectivity index (χ0v) is 13.6. The van der Waals surface area contributed by atoms with Gasteiger partial charge in [0.05, 0.1) is 7.11 Å². The number of hydrogen-bond donors (Lipinski definition) is 1. The van der Waals surface area contributed by atoms with Crippen LogP contribution in [0.25, 0.3) is 0 Å². The monoisotopic (exact) mass is 308 g/mol. The Morgan fingerprint density at radius 2 is 2.27 bits per heavy atom. The zero-order valence-electron chi connectivity index (χ0n) is 13.6. The van der Waals surface area contributed by atoms with Gasteiger partial charge in [0.2, 0.25) is 5.91 Å². The normalized spacial score (nSPS) is 18.6. The molecular formula is C17H25FN2O2. The van der Waals surface area contributed by atoms with Crippen LogP contribution in [0, 0.1) is 11.7 Å². The number of nitrogens with zero attached hydrogens (tertiary/aromatic N) is 1. The molecule has 0 saturated carbocycles. The summed E-state index contributed by atoms with van der Waals surface area (Å²) in [6.45, 7) is 5.94. The van der Waals surface area contributed by atoms with Crippen LogP contribution >= 0.6 is 0 Å². The predicted octanol–water partition coefficient (Wildman–Crippen LogP) is 2.57. The van der Waals surface area contributed by atoms with Gasteiger partial charge in [-0.25, -0.2) is 4.39 Å². The Morgan fingerprint density at radius 1 is 1.50 bits per heavy atom. The summed E-state index contributed by atoms with van der Waals surface area (Å²) in [5.41, 5.74) is 0.801. The first-order chi connectivity index (χ1) is 10.5. The summed E-state index contributed by atoms with van der Waals surface area (Å²) in [4.78, 5) is 14.0. The molecule has 0 aromatic heterocycles. The molecule has 1 N–H and O–H groups in total. The molecular weight excluding hydrogens is 283 g/mol. The number of rotatable bonds is 5. The Morgan fingerprint density at radius 3 is 2.95 bits per heavy atom. The van der Waals surface area contributed by atoms with Gasteiger partial charge >= 0.3 is 0 Å². The Kier molecular flexibility index (Phi) is 5.77. The van der Waals surface area contributed by atoms with Gasteiger partial charge in [0.1, 0.15) is 0 Å². The summed E-state index contributed by atoms with van der Waals surface area (Å²) in [6, 6.07) is 5.18. The molecule has 122 valence electrons. The van der Waals surface area contributed by atoms with Crippen molar-refractivity contribution in [3.63, 3.8) is 0 Å². The molecule has 1 aliphatic rings. The average Bonchev–Trinajstić information content (AvgIpc) is 2.52. The van der Waals surface area contributed by atoms with Crippen molar-refractivity contribution in [2.24, 2.45) is 5.92 Å². The minimum absolute atomic E-state index is 0.0297. The lowest BCUT2D eigenvalue weighted by molar-refractivity contribution is -0.135. The molecule has 1 aromatic rings. The summed E-state index contributed by atoms with van der Waals surface area (Å²) in [7, 11) is 1.48. The third-order valence-electron chi connectivity index (χ3n) is 4.06. The van der Waals surface area contributed by atoms with Crippen molar-refractivity contribution in [1.82, 2.24) is 10.2 Å². The number of amides is 1. The number of benzene rings is 1. The number of methoxy groups -OCH3 is 1. The van der Waals surface area contributed by atoms with Gasteiger partial charge in [0, 0.05) is 37.2 Å². The molecule has 4 nitrogen and oxygen atoms in total. The second kappa shape index (κ2) is 7.58. The number of hydrogen-bond acceptors (Lipinski definition) is 3. The Hall–Kier alpha value is -1.62. The lowest BCUT2D eigenvalue weighted by Crippen LogP contribution is -2.48. The number of para-hydroxylation sites is 1. The molecule has 1 aromatic carbocycles. The van der Waals surface area contributed by atoms with Crippen LogP contribution in [0.3, 0.4) is 0 Å². The maximum absolute atomic E-state index is 13.7. The molecule has 5 heteroatoms. The molecule has 0 spiro atoms. The van der Waals surface area contributed by atoms with E-state index in [4.69, 9.17) is 4.74 Å². The molecule has 0 bridgehead atoms. The van der Waals surface area contributed by atoms with Crippen molar-refractivity contribution in [1.29, 1.82) is 0 Å². The Balaban J connectivity index is 1.94. The van der Waals surface area contributed by atoms with E-state index in [0.717, 1.165) is 24.9 Å². The van der Waals surface area contributed by atoms with Gasteiger partial charge in [0.25, 0.3) is 0 Å². The SMILES string of the molecule is COc1c(F)cccc1CNC1CCCN(C(=O)C(C)C)C1. The standard InChI is InChI=1S/C17H25FN2O2/c1-12(2)17(21)20-9-5-7-14(11-20)19-10-13-6-4-8-15(18)16(13)22-3/h4,6,8,12,14,19H,5,7,9-11H2,1-3H3. The van der Waals surface area contributed by atoms with Crippen molar-refractivity contribution in [2.75, 3.05) is 20.2 Å². The summed E-state index contributed by atoms with van der Waals surface area (Å²) >= 11 is 0. The minimum Gasteiger partial charge on any atom is -0.493 e. The first kappa shape index (κ1) is 16.7. The molecule has 1 aliphatic heterocycles. The Labute approximate surface area is 131 Å². The van der Waals surface area contributed by atoms with Gasteiger partial charge in [-0.1, -0.05) is 26.0 Å². The first-order valence-corrected chi connectivity index (χ1v) is 7.86. The summed E-state index contributed by atoms with van der Waals surface area (Å²) in [5, 5.41) is 3.42. The van der Waals surface area contributed by atoms with Crippen molar-refractivity contribution in [2.45, 2.75) is 39.3 Å². The first-order valence-electron chi connectivity index (χ1n) is 7.86. The van der Waals surface area contributed by atoms with Gasteiger partial charge in [-0.2, -0.15) is 0 Å². The number of piperidine rings is 1. The van der Waals surface area contributed by atoms with Crippen molar-refractivity contribution < 1.29 is 13.9 Å². The second-order valence-electron chi connectivity index (χ2n) is 6.09. The summed E-state index contributed by atoms with van der Waals surface area (Å²) in [5.74, 6) is 0.180. The van der Waals surface area contributed by atoms with E-state index in [2.05, 4.69) is 5.32 Å². The van der Waals surface area contributed by atoms with E-state index in [1.54, 1.807) is 6.07 Å². The van der Waals surface area contributed by atoms with E-state index < -0.39 is 0 Å². The summed E-state index contributed by atoms with van der Waals surface area (Å²) < 4.78 is 18.8. The van der Waals surface area contributed by atoms with Crippen molar-refractivity contribution in [3.8, 4) is 5.75 Å². The topological polar surface area (TPSA) is 41.6 Å². The number of carbonyl (C=O) groups excluding carboxylic acids is 1. The highest BCUT2D eigenvalue weighted by Gasteiger charge is 2.25. The van der Waals surface area contributed by atoms with Gasteiger partial charge < -0.3 is 15.0 Å². The number of ether oxygens (including phenoxy) is 1. The fourth-order valence-electron chi connectivity index (χ4n) is 2.88. The van der Waals surface area contributed by atoms with Crippen LogP contribution in [0.4, 0.5) is 4.39 Å². The van der Waals surface area contributed by atoms with Crippen LogP contribution in [0.15, 0.2) is 18.2 Å². The summed E-state index contributed by atoms with van der Waals surface area (Å²) in [6.07, 6.45) is 2.02. The van der Waals surface area contributed by atoms with Gasteiger partial charge in [-0.3, -0.25) is 4.79 Å². The highest BCUT2D eigenvalue weighted by Crippen LogP contribution is 2.22. The second-order valence-corrected chi connectivity index (χ2v) is 6.09. The predicted molar refractivity (Wildman–Crippen MR) is 84.2 cm³/mol. The minimum atomic E-state index is -0.345. The molecule has 1 unspecified atom stereocenters. The van der Waals surface area contributed by atoms with Crippen LogP contribution in [-0.2, 0) is 11.3 Å². The number of nitrogens with one attached hydrogen (secondary N) is 1. The third kappa shape index (κ3) is 3.97. The Bertz CT molecular complexity index is 519.